The number of hydrogen-bond acceptors (Lipinski definition) is 9. The van der Waals surface area contributed by atoms with Crippen LogP contribution in [0, 0.1) is 23.1 Å². The lowest BCUT2D eigenvalue weighted by atomic mass is 9.84. The van der Waals surface area contributed by atoms with Gasteiger partial charge in [-0.05, 0) is 89.0 Å². The summed E-state index contributed by atoms with van der Waals surface area (Å²) in [7, 11) is 0. The molecule has 1 aromatic heterocycles. The van der Waals surface area contributed by atoms with Crippen LogP contribution in [-0.2, 0) is 25.5 Å². The van der Waals surface area contributed by atoms with Gasteiger partial charge in [0, 0.05) is 37.0 Å². The number of piperidine rings is 1. The van der Waals surface area contributed by atoms with Crippen molar-refractivity contribution in [2.45, 2.75) is 156 Å². The number of nitrogens with two attached hydrogens (primary N) is 1. The first-order valence-corrected chi connectivity index (χ1v) is 21.9. The summed E-state index contributed by atoms with van der Waals surface area (Å²) >= 11 is 1.29. The molecule has 2 heterocycles. The van der Waals surface area contributed by atoms with E-state index < -0.39 is 41.3 Å². The zero-order chi connectivity index (χ0) is 42.3. The van der Waals surface area contributed by atoms with Crippen LogP contribution in [0.25, 0.3) is 0 Å². The number of carboxylic acids is 1. The number of aliphatic carboxylic acids is 1. The molecule has 6 atom stereocenters. The summed E-state index contributed by atoms with van der Waals surface area (Å²) in [6, 6.07) is 2.52. The van der Waals surface area contributed by atoms with Gasteiger partial charge in [0.05, 0.1) is 17.1 Å². The monoisotopic (exact) mass is 816 g/mol. The van der Waals surface area contributed by atoms with Crippen molar-refractivity contribution in [1.82, 2.24) is 25.8 Å². The van der Waals surface area contributed by atoms with Gasteiger partial charge in [-0.25, -0.2) is 9.37 Å². The smallest absolute Gasteiger partial charge is 0.309 e. The maximum atomic E-state index is 14.8. The number of benzene rings is 1. The van der Waals surface area contributed by atoms with Crippen LogP contribution in [0.4, 0.5) is 10.1 Å². The number of amides is 3. The molecule has 1 fully saturated rings. The zero-order valence-electron chi connectivity index (χ0n) is 35.5. The lowest BCUT2D eigenvalue weighted by Gasteiger charge is -2.40. The van der Waals surface area contributed by atoms with E-state index >= 15 is 0 Å². The number of thiazole rings is 1. The molecule has 0 radical (unpaired) electrons. The molecule has 0 saturated carbocycles. The molecule has 12 nitrogen and oxygen atoms in total. The third kappa shape index (κ3) is 14.3. The standard InChI is InChI=1S/C43H69FN6O6S/c1-9-12-13-16-21-50(41(53)37(28(6)10-2)49-38(51)33-17-14-15-20-46-33)35(27(4)5)24-36(56-11-3)40-48-34(26-57-40)39(52)47-30(25-43(7,8)42(54)55)22-29-18-19-32(45)31(44)23-29/h18-19,23,26-28,30,33,35-37,46H,9-17,20-22,24-25,45H2,1-8H3,(H,47,52)(H,49,51)(H,54,55)/t28-,30-,33?,35+,36+,37-/m0/s1. The Balaban J connectivity index is 1.90. The van der Waals surface area contributed by atoms with E-state index in [1.54, 1.807) is 25.3 Å². The number of ether oxygens (including phenoxy) is 1. The van der Waals surface area contributed by atoms with E-state index in [1.165, 1.54) is 23.5 Å². The highest BCUT2D eigenvalue weighted by Crippen LogP contribution is 2.32. The number of nitrogens with zero attached hydrogens (tertiary/aromatic N) is 2. The Labute approximate surface area is 343 Å². The number of halogens is 1. The number of unbranched alkanes of at least 4 members (excludes halogenated alkanes) is 3. The third-order valence-electron chi connectivity index (χ3n) is 11.2. The van der Waals surface area contributed by atoms with Crippen molar-refractivity contribution in [3.63, 3.8) is 0 Å². The van der Waals surface area contributed by atoms with Gasteiger partial charge in [-0.1, -0.05) is 72.8 Å². The molecule has 2 aromatic rings. The van der Waals surface area contributed by atoms with Crippen molar-refractivity contribution in [3.05, 3.63) is 45.7 Å². The van der Waals surface area contributed by atoms with Crippen molar-refractivity contribution in [2.75, 3.05) is 25.4 Å². The Morgan fingerprint density at radius 2 is 1.84 bits per heavy atom. The highest BCUT2D eigenvalue weighted by atomic mass is 32.1. The van der Waals surface area contributed by atoms with Gasteiger partial charge in [0.2, 0.25) is 11.8 Å². The van der Waals surface area contributed by atoms with E-state index in [0.717, 1.165) is 57.9 Å². The molecule has 0 spiro atoms. The highest BCUT2D eigenvalue weighted by molar-refractivity contribution is 7.09. The lowest BCUT2D eigenvalue weighted by molar-refractivity contribution is -0.147. The van der Waals surface area contributed by atoms with E-state index in [-0.39, 0.29) is 60.0 Å². The first-order valence-electron chi connectivity index (χ1n) is 21.0. The number of anilines is 1. The Kier molecular flexibility index (Phi) is 19.3. The molecule has 57 heavy (non-hydrogen) atoms. The molecule has 1 aliphatic rings. The van der Waals surface area contributed by atoms with Gasteiger partial charge >= 0.3 is 5.97 Å². The first-order chi connectivity index (χ1) is 27.0. The Bertz CT molecular complexity index is 1600. The number of carboxylic acid groups (broad SMARTS) is 1. The summed E-state index contributed by atoms with van der Waals surface area (Å²) in [5.74, 6) is -2.35. The van der Waals surface area contributed by atoms with Crippen molar-refractivity contribution >= 4 is 40.7 Å². The highest BCUT2D eigenvalue weighted by Gasteiger charge is 2.38. The van der Waals surface area contributed by atoms with Crippen LogP contribution in [0.15, 0.2) is 23.6 Å². The maximum absolute atomic E-state index is 14.8. The largest absolute Gasteiger partial charge is 0.481 e. The summed E-state index contributed by atoms with van der Waals surface area (Å²) < 4.78 is 20.6. The zero-order valence-corrected chi connectivity index (χ0v) is 36.3. The Morgan fingerprint density at radius 1 is 1.11 bits per heavy atom. The molecule has 3 amide bonds. The molecule has 1 unspecified atom stereocenters. The molecular weight excluding hydrogens is 748 g/mol. The Hall–Kier alpha value is -3.62. The molecule has 1 aliphatic heterocycles. The molecule has 1 aromatic carbocycles. The van der Waals surface area contributed by atoms with Gasteiger partial charge in [0.15, 0.2) is 0 Å². The summed E-state index contributed by atoms with van der Waals surface area (Å²) in [5.41, 5.74) is 5.23. The summed E-state index contributed by atoms with van der Waals surface area (Å²) in [4.78, 5) is 60.8. The predicted molar refractivity (Wildman–Crippen MR) is 224 cm³/mol. The Morgan fingerprint density at radius 3 is 2.44 bits per heavy atom. The molecular formula is C43H69FN6O6S. The van der Waals surface area contributed by atoms with E-state index in [2.05, 4.69) is 36.7 Å². The average molecular weight is 817 g/mol. The van der Waals surface area contributed by atoms with Crippen LogP contribution >= 0.6 is 11.3 Å². The van der Waals surface area contributed by atoms with Crippen LogP contribution in [-0.4, -0.2) is 82.5 Å². The molecule has 14 heteroatoms. The second kappa shape index (κ2) is 23.1. The summed E-state index contributed by atoms with van der Waals surface area (Å²) in [5, 5.41) is 21.5. The minimum Gasteiger partial charge on any atom is -0.481 e. The van der Waals surface area contributed by atoms with E-state index in [4.69, 9.17) is 15.5 Å². The van der Waals surface area contributed by atoms with Gasteiger partial charge in [0.25, 0.3) is 5.91 Å². The van der Waals surface area contributed by atoms with Crippen molar-refractivity contribution in [3.8, 4) is 0 Å². The van der Waals surface area contributed by atoms with E-state index in [1.807, 2.05) is 25.7 Å². The number of rotatable bonds is 24. The summed E-state index contributed by atoms with van der Waals surface area (Å²) in [6.45, 7) is 17.2. The lowest BCUT2D eigenvalue weighted by Crippen LogP contribution is -2.58. The topological polar surface area (TPSA) is 176 Å². The van der Waals surface area contributed by atoms with Gasteiger partial charge in [0.1, 0.15) is 28.7 Å². The molecule has 0 aliphatic carbocycles. The number of nitrogen functional groups attached to an aromatic ring is 1. The molecule has 0 bridgehead atoms. The average Bonchev–Trinajstić information content (AvgIpc) is 3.67. The van der Waals surface area contributed by atoms with Crippen LogP contribution in [0.3, 0.4) is 0 Å². The number of nitrogens with one attached hydrogen (secondary N) is 3. The van der Waals surface area contributed by atoms with E-state index in [9.17, 15) is 28.7 Å². The fourth-order valence-corrected chi connectivity index (χ4v) is 8.28. The van der Waals surface area contributed by atoms with Crippen LogP contribution in [0.1, 0.15) is 147 Å². The third-order valence-corrected chi connectivity index (χ3v) is 12.1. The second-order valence-electron chi connectivity index (χ2n) is 16.7. The molecule has 1 saturated heterocycles. The first kappa shape index (κ1) is 47.8. The van der Waals surface area contributed by atoms with Gasteiger partial charge < -0.3 is 36.4 Å². The number of carbonyl (C=O) groups excluding carboxylic acids is 3. The SMILES string of the molecule is CCCCCCN(C(=O)[C@@H](NC(=O)C1CCCCN1)[C@@H](C)CC)[C@H](C[C@@H](OCC)c1nc(C(=O)N[C@@H](Cc2ccc(N)c(F)c2)CC(C)(C)C(=O)O)cs1)C(C)C. The van der Waals surface area contributed by atoms with Crippen LogP contribution in [0.2, 0.25) is 0 Å². The molecule has 320 valence electrons. The molecule has 3 rings (SSSR count). The van der Waals surface area contributed by atoms with Crippen molar-refractivity contribution < 1.29 is 33.4 Å². The minimum atomic E-state index is -1.17. The normalized spacial score (nSPS) is 17.3. The minimum absolute atomic E-state index is 0.00190. The number of carbonyl (C=O) groups is 4. The second-order valence-corrected chi connectivity index (χ2v) is 17.5. The predicted octanol–water partition coefficient (Wildman–Crippen LogP) is 7.28. The van der Waals surface area contributed by atoms with Gasteiger partial charge in [-0.15, -0.1) is 11.3 Å². The fourth-order valence-electron chi connectivity index (χ4n) is 7.42. The van der Waals surface area contributed by atoms with E-state index in [0.29, 0.717) is 30.1 Å². The van der Waals surface area contributed by atoms with Crippen LogP contribution < -0.4 is 21.7 Å². The molecule has 6 N–H and O–H groups in total. The van der Waals surface area contributed by atoms with Gasteiger partial charge in [-0.2, -0.15) is 0 Å². The number of hydrogen-bond donors (Lipinski definition) is 5. The number of aromatic nitrogens is 1. The quantitative estimate of drug-likeness (QED) is 0.0539. The van der Waals surface area contributed by atoms with Crippen LogP contribution in [0.5, 0.6) is 0 Å². The maximum Gasteiger partial charge on any atom is 0.309 e. The van der Waals surface area contributed by atoms with Crippen molar-refractivity contribution in [1.29, 1.82) is 0 Å². The summed E-state index contributed by atoms with van der Waals surface area (Å²) in [6.07, 6.45) is 7.59. The van der Waals surface area contributed by atoms with Crippen molar-refractivity contribution in [2.24, 2.45) is 17.3 Å². The van der Waals surface area contributed by atoms with Gasteiger partial charge in [-0.3, -0.25) is 19.2 Å². The fraction of sp³-hybridized carbons (Fsp3) is 0.698.